The highest BCUT2D eigenvalue weighted by molar-refractivity contribution is 7.89. The summed E-state index contributed by atoms with van der Waals surface area (Å²) in [6.07, 6.45) is 5.53. The van der Waals surface area contributed by atoms with Crippen LogP contribution in [0.15, 0.2) is 29.6 Å². The first-order chi connectivity index (χ1) is 10.0. The first-order valence-electron chi connectivity index (χ1n) is 6.62. The van der Waals surface area contributed by atoms with Crippen LogP contribution in [0.3, 0.4) is 0 Å². The summed E-state index contributed by atoms with van der Waals surface area (Å²) in [6, 6.07) is 1.67. The van der Waals surface area contributed by atoms with Crippen LogP contribution in [0.25, 0.3) is 0 Å². The molecule has 0 fully saturated rings. The average Bonchev–Trinajstić information content (AvgIpc) is 2.89. The second kappa shape index (κ2) is 6.97. The molecule has 2 N–H and O–H groups in total. The third-order valence-electron chi connectivity index (χ3n) is 2.75. The van der Waals surface area contributed by atoms with Gasteiger partial charge in [-0.3, -0.25) is 4.98 Å². The summed E-state index contributed by atoms with van der Waals surface area (Å²) in [4.78, 5) is 9.06. The van der Waals surface area contributed by atoms with Crippen molar-refractivity contribution in [2.45, 2.75) is 31.7 Å². The summed E-state index contributed by atoms with van der Waals surface area (Å²) in [5.74, 6) is 0. The minimum absolute atomic E-state index is 0.166. The fraction of sp³-hybridized carbons (Fsp3) is 0.385. The molecule has 0 bridgehead atoms. The largest absolute Gasteiger partial charge is 0.384 e. The Hall–Kier alpha value is -1.51. The molecule has 0 amide bonds. The summed E-state index contributed by atoms with van der Waals surface area (Å²) in [6.45, 7) is 4.85. The minimum Gasteiger partial charge on any atom is -0.384 e. The Morgan fingerprint density at radius 3 is 2.81 bits per heavy atom. The summed E-state index contributed by atoms with van der Waals surface area (Å²) < 4.78 is 27.4. The predicted molar refractivity (Wildman–Crippen MR) is 83.9 cm³/mol. The number of nitrogens with one attached hydrogen (secondary N) is 2. The van der Waals surface area contributed by atoms with E-state index in [0.717, 1.165) is 16.3 Å². The lowest BCUT2D eigenvalue weighted by molar-refractivity contribution is 0.581. The lowest BCUT2D eigenvalue weighted by atomic mass is 10.4. The SMILES string of the molecule is CCCNc1ccncc1S(=O)(=O)NCc1cnc(C)s1. The Morgan fingerprint density at radius 1 is 1.33 bits per heavy atom. The van der Waals surface area contributed by atoms with Crippen LogP contribution in [0.4, 0.5) is 5.69 Å². The van der Waals surface area contributed by atoms with Gasteiger partial charge in [0.25, 0.3) is 0 Å². The number of pyridine rings is 1. The van der Waals surface area contributed by atoms with Crippen molar-refractivity contribution in [3.8, 4) is 0 Å². The number of hydrogen-bond donors (Lipinski definition) is 2. The second-order valence-corrected chi connectivity index (χ2v) is 7.52. The van der Waals surface area contributed by atoms with Gasteiger partial charge in [0.05, 0.1) is 10.7 Å². The molecule has 2 aromatic rings. The van der Waals surface area contributed by atoms with Crippen molar-refractivity contribution in [3.05, 3.63) is 34.5 Å². The number of thiazole rings is 1. The Balaban J connectivity index is 2.15. The van der Waals surface area contributed by atoms with Gasteiger partial charge in [0, 0.05) is 36.6 Å². The van der Waals surface area contributed by atoms with Gasteiger partial charge in [-0.25, -0.2) is 18.1 Å². The molecule has 2 rings (SSSR count). The second-order valence-electron chi connectivity index (χ2n) is 4.47. The third kappa shape index (κ3) is 4.23. The number of anilines is 1. The van der Waals surface area contributed by atoms with Crippen molar-refractivity contribution in [3.63, 3.8) is 0 Å². The van der Waals surface area contributed by atoms with Crippen LogP contribution in [0.2, 0.25) is 0 Å². The van der Waals surface area contributed by atoms with Crippen LogP contribution in [0.1, 0.15) is 23.2 Å². The summed E-state index contributed by atoms with van der Waals surface area (Å²) >= 11 is 1.47. The van der Waals surface area contributed by atoms with E-state index in [9.17, 15) is 8.42 Å². The van der Waals surface area contributed by atoms with Gasteiger partial charge >= 0.3 is 0 Å². The quantitative estimate of drug-likeness (QED) is 0.814. The molecule has 114 valence electrons. The molecule has 0 aromatic carbocycles. The van der Waals surface area contributed by atoms with Crippen LogP contribution in [-0.4, -0.2) is 24.9 Å². The van der Waals surface area contributed by atoms with Crippen molar-refractivity contribution < 1.29 is 8.42 Å². The molecule has 0 saturated carbocycles. The molecule has 6 nitrogen and oxygen atoms in total. The molecular weight excluding hydrogens is 308 g/mol. The summed E-state index contributed by atoms with van der Waals surface area (Å²) in [5.41, 5.74) is 0.569. The highest BCUT2D eigenvalue weighted by atomic mass is 32.2. The lowest BCUT2D eigenvalue weighted by Gasteiger charge is -2.11. The van der Waals surface area contributed by atoms with E-state index < -0.39 is 10.0 Å². The van der Waals surface area contributed by atoms with Gasteiger partial charge in [0.2, 0.25) is 10.0 Å². The molecule has 0 unspecified atom stereocenters. The molecule has 2 aromatic heterocycles. The maximum absolute atomic E-state index is 12.4. The molecule has 2 heterocycles. The normalized spacial score (nSPS) is 11.5. The van der Waals surface area contributed by atoms with E-state index in [1.807, 2.05) is 13.8 Å². The van der Waals surface area contributed by atoms with Crippen LogP contribution in [0.5, 0.6) is 0 Å². The van der Waals surface area contributed by atoms with Gasteiger partial charge in [0.15, 0.2) is 0 Å². The number of aryl methyl sites for hydroxylation is 1. The maximum atomic E-state index is 12.4. The third-order valence-corrected chi connectivity index (χ3v) is 5.09. The Morgan fingerprint density at radius 2 is 2.14 bits per heavy atom. The zero-order valence-electron chi connectivity index (χ0n) is 12.0. The molecule has 0 spiro atoms. The average molecular weight is 326 g/mol. The summed E-state index contributed by atoms with van der Waals surface area (Å²) in [7, 11) is -3.61. The van der Waals surface area contributed by atoms with Crippen molar-refractivity contribution in [2.24, 2.45) is 0 Å². The molecular formula is C13H18N4O2S2. The van der Waals surface area contributed by atoms with Gasteiger partial charge in [0.1, 0.15) is 4.90 Å². The van der Waals surface area contributed by atoms with E-state index in [-0.39, 0.29) is 11.4 Å². The van der Waals surface area contributed by atoms with Crippen molar-refractivity contribution in [2.75, 3.05) is 11.9 Å². The Labute approximate surface area is 128 Å². The molecule has 0 aliphatic heterocycles. The van der Waals surface area contributed by atoms with Crippen molar-refractivity contribution in [1.82, 2.24) is 14.7 Å². The van der Waals surface area contributed by atoms with Crippen LogP contribution >= 0.6 is 11.3 Å². The van der Waals surface area contributed by atoms with Crippen molar-refractivity contribution >= 4 is 27.0 Å². The fourth-order valence-corrected chi connectivity index (χ4v) is 3.69. The number of nitrogens with zero attached hydrogens (tertiary/aromatic N) is 2. The van der Waals surface area contributed by atoms with Crippen LogP contribution in [0, 0.1) is 6.92 Å². The predicted octanol–water partition coefficient (Wildman–Crippen LogP) is 2.15. The van der Waals surface area contributed by atoms with Gasteiger partial charge in [-0.2, -0.15) is 0 Å². The Bertz CT molecular complexity index is 698. The lowest BCUT2D eigenvalue weighted by Crippen LogP contribution is -2.24. The first-order valence-corrected chi connectivity index (χ1v) is 8.91. The molecule has 0 atom stereocenters. The zero-order chi connectivity index (χ0) is 15.3. The van der Waals surface area contributed by atoms with Gasteiger partial charge < -0.3 is 5.32 Å². The van der Waals surface area contributed by atoms with Crippen LogP contribution in [-0.2, 0) is 16.6 Å². The molecule has 0 aliphatic rings. The van der Waals surface area contributed by atoms with Gasteiger partial charge in [-0.1, -0.05) is 6.92 Å². The van der Waals surface area contributed by atoms with Gasteiger partial charge in [-0.15, -0.1) is 11.3 Å². The highest BCUT2D eigenvalue weighted by Gasteiger charge is 2.18. The Kier molecular flexibility index (Phi) is 5.27. The van der Waals surface area contributed by atoms with E-state index in [1.165, 1.54) is 17.5 Å². The van der Waals surface area contributed by atoms with E-state index in [2.05, 4.69) is 20.0 Å². The van der Waals surface area contributed by atoms with E-state index in [4.69, 9.17) is 0 Å². The molecule has 21 heavy (non-hydrogen) atoms. The van der Waals surface area contributed by atoms with Crippen LogP contribution < -0.4 is 10.0 Å². The standard InChI is InChI=1S/C13H18N4O2S2/c1-3-5-15-12-4-6-14-9-13(12)21(18,19)17-8-11-7-16-10(2)20-11/h4,6-7,9,17H,3,5,8H2,1-2H3,(H,14,15). The van der Waals surface area contributed by atoms with Gasteiger partial charge in [-0.05, 0) is 19.4 Å². The van der Waals surface area contributed by atoms with E-state index in [1.54, 1.807) is 18.5 Å². The number of hydrogen-bond acceptors (Lipinski definition) is 6. The number of aromatic nitrogens is 2. The number of rotatable bonds is 7. The molecule has 8 heteroatoms. The molecule has 0 aliphatic carbocycles. The molecule has 0 radical (unpaired) electrons. The summed E-state index contributed by atoms with van der Waals surface area (Å²) in [5, 5.41) is 4.02. The van der Waals surface area contributed by atoms with Crippen molar-refractivity contribution in [1.29, 1.82) is 0 Å². The maximum Gasteiger partial charge on any atom is 0.244 e. The molecule has 0 saturated heterocycles. The highest BCUT2D eigenvalue weighted by Crippen LogP contribution is 2.20. The topological polar surface area (TPSA) is 84.0 Å². The van der Waals surface area contributed by atoms with E-state index in [0.29, 0.717) is 12.2 Å². The minimum atomic E-state index is -3.61. The zero-order valence-corrected chi connectivity index (χ0v) is 13.6. The first kappa shape index (κ1) is 15.9. The smallest absolute Gasteiger partial charge is 0.244 e. The number of sulfonamides is 1. The monoisotopic (exact) mass is 326 g/mol. The fourth-order valence-electron chi connectivity index (χ4n) is 1.73. The van der Waals surface area contributed by atoms with E-state index >= 15 is 0 Å².